The Morgan fingerprint density at radius 3 is 2.67 bits per heavy atom. The van der Waals surface area contributed by atoms with Crippen LogP contribution in [0, 0.1) is 0 Å². The summed E-state index contributed by atoms with van der Waals surface area (Å²) in [6.07, 6.45) is 3.63. The van der Waals surface area contributed by atoms with Gasteiger partial charge in [0.05, 0.1) is 6.04 Å². The second-order valence-electron chi connectivity index (χ2n) is 5.72. The van der Waals surface area contributed by atoms with E-state index in [1.807, 2.05) is 4.90 Å². The maximum absolute atomic E-state index is 11.4. The van der Waals surface area contributed by atoms with Gasteiger partial charge in [-0.3, -0.25) is 14.3 Å². The molecule has 6 nitrogen and oxygen atoms in total. The van der Waals surface area contributed by atoms with Crippen LogP contribution in [0.5, 0.6) is 0 Å². The van der Waals surface area contributed by atoms with Gasteiger partial charge in [0.1, 0.15) is 4.60 Å². The summed E-state index contributed by atoms with van der Waals surface area (Å²) >= 11 is 3.52. The number of carbonyl (C=O) groups is 2. The average Bonchev–Trinajstić information content (AvgIpc) is 2.84. The number of amides is 2. The molecule has 1 aromatic heterocycles. The van der Waals surface area contributed by atoms with Crippen LogP contribution in [0.4, 0.5) is 0 Å². The molecule has 0 N–H and O–H groups in total. The zero-order valence-corrected chi connectivity index (χ0v) is 13.7. The summed E-state index contributed by atoms with van der Waals surface area (Å²) in [5.74, 6) is 0.152. The monoisotopic (exact) mass is 354 g/mol. The Morgan fingerprint density at radius 1 is 1.33 bits per heavy atom. The van der Waals surface area contributed by atoms with Crippen LogP contribution in [0.3, 0.4) is 0 Å². The van der Waals surface area contributed by atoms with Crippen LogP contribution in [-0.4, -0.2) is 51.5 Å². The second-order valence-corrected chi connectivity index (χ2v) is 6.47. The minimum atomic E-state index is 0.152. The van der Waals surface area contributed by atoms with Crippen molar-refractivity contribution in [3.8, 4) is 0 Å². The first-order valence-electron chi connectivity index (χ1n) is 7.30. The van der Waals surface area contributed by atoms with Gasteiger partial charge in [0.25, 0.3) is 0 Å². The molecule has 1 aromatic rings. The van der Waals surface area contributed by atoms with Crippen molar-refractivity contribution < 1.29 is 9.59 Å². The standard InChI is InChI=1S/C14H19BrN4O2/c1-10(21)18-6-2-11(3-7-18)19-13-4-5-17(9-20)8-12(13)14(15)16-19/h9,11H,2-8H2,1H3. The number of aromatic nitrogens is 2. The van der Waals surface area contributed by atoms with Gasteiger partial charge in [-0.1, -0.05) is 0 Å². The lowest BCUT2D eigenvalue weighted by atomic mass is 10.0. The first-order chi connectivity index (χ1) is 10.1. The average molecular weight is 355 g/mol. The van der Waals surface area contributed by atoms with E-state index in [-0.39, 0.29) is 5.91 Å². The summed E-state index contributed by atoms with van der Waals surface area (Å²) in [7, 11) is 0. The van der Waals surface area contributed by atoms with Crippen LogP contribution in [0.1, 0.15) is 37.1 Å². The van der Waals surface area contributed by atoms with E-state index in [9.17, 15) is 9.59 Å². The third-order valence-corrected chi connectivity index (χ3v) is 5.11. The maximum Gasteiger partial charge on any atom is 0.219 e. The number of nitrogens with zero attached hydrogens (tertiary/aromatic N) is 4. The normalized spacial score (nSPS) is 19.5. The highest BCUT2D eigenvalue weighted by molar-refractivity contribution is 9.10. The van der Waals surface area contributed by atoms with E-state index in [0.717, 1.165) is 55.5 Å². The van der Waals surface area contributed by atoms with Crippen molar-refractivity contribution in [1.29, 1.82) is 0 Å². The lowest BCUT2D eigenvalue weighted by Crippen LogP contribution is -2.38. The molecule has 0 radical (unpaired) electrons. The Labute approximate surface area is 132 Å². The Balaban J connectivity index is 1.79. The fraction of sp³-hybridized carbons (Fsp3) is 0.643. The van der Waals surface area contributed by atoms with Crippen LogP contribution in [0.2, 0.25) is 0 Å². The van der Waals surface area contributed by atoms with E-state index in [2.05, 4.69) is 25.7 Å². The zero-order chi connectivity index (χ0) is 15.0. The van der Waals surface area contributed by atoms with Crippen LogP contribution in [0.15, 0.2) is 4.60 Å². The molecule has 2 aliphatic heterocycles. The number of piperidine rings is 1. The van der Waals surface area contributed by atoms with Gasteiger partial charge in [-0.25, -0.2) is 0 Å². The van der Waals surface area contributed by atoms with E-state index in [4.69, 9.17) is 0 Å². The zero-order valence-electron chi connectivity index (χ0n) is 12.1. The lowest BCUT2D eigenvalue weighted by Gasteiger charge is -2.33. The van der Waals surface area contributed by atoms with Gasteiger partial charge in [0.15, 0.2) is 0 Å². The predicted molar refractivity (Wildman–Crippen MR) is 80.6 cm³/mol. The number of halogens is 1. The van der Waals surface area contributed by atoms with E-state index >= 15 is 0 Å². The molecule has 0 saturated carbocycles. The first-order valence-corrected chi connectivity index (χ1v) is 8.10. The molecule has 1 saturated heterocycles. The molecule has 0 unspecified atom stereocenters. The molecule has 2 amide bonds. The largest absolute Gasteiger partial charge is 0.343 e. The van der Waals surface area contributed by atoms with Crippen molar-refractivity contribution in [2.45, 2.75) is 38.8 Å². The molecule has 114 valence electrons. The highest BCUT2D eigenvalue weighted by Gasteiger charge is 2.29. The number of likely N-dealkylation sites (tertiary alicyclic amines) is 1. The van der Waals surface area contributed by atoms with Gasteiger partial charge in [-0.15, -0.1) is 0 Å². The minimum absolute atomic E-state index is 0.152. The Hall–Kier alpha value is -1.37. The molecule has 2 aliphatic rings. The molecule has 3 rings (SSSR count). The molecule has 0 aromatic carbocycles. The lowest BCUT2D eigenvalue weighted by molar-refractivity contribution is -0.130. The highest BCUT2D eigenvalue weighted by atomic mass is 79.9. The van der Waals surface area contributed by atoms with E-state index < -0.39 is 0 Å². The summed E-state index contributed by atoms with van der Waals surface area (Å²) in [5.41, 5.74) is 2.36. The number of carbonyl (C=O) groups excluding carboxylic acids is 2. The van der Waals surface area contributed by atoms with Crippen molar-refractivity contribution in [3.05, 3.63) is 15.9 Å². The van der Waals surface area contributed by atoms with Crippen LogP contribution in [-0.2, 0) is 22.6 Å². The van der Waals surface area contributed by atoms with Crippen molar-refractivity contribution in [1.82, 2.24) is 19.6 Å². The number of hydrogen-bond acceptors (Lipinski definition) is 3. The maximum atomic E-state index is 11.4. The summed E-state index contributed by atoms with van der Waals surface area (Å²) < 4.78 is 2.97. The van der Waals surface area contributed by atoms with Crippen molar-refractivity contribution >= 4 is 28.2 Å². The summed E-state index contributed by atoms with van der Waals surface area (Å²) in [4.78, 5) is 26.0. The first kappa shape index (κ1) is 14.6. The Bertz CT molecular complexity index is 564. The Morgan fingerprint density at radius 2 is 2.05 bits per heavy atom. The molecule has 0 bridgehead atoms. The van der Waals surface area contributed by atoms with Crippen molar-refractivity contribution in [3.63, 3.8) is 0 Å². The van der Waals surface area contributed by atoms with E-state index in [1.54, 1.807) is 11.8 Å². The SMILES string of the molecule is CC(=O)N1CCC(n2nc(Br)c3c2CCN(C=O)C3)CC1. The van der Waals surface area contributed by atoms with Gasteiger partial charge >= 0.3 is 0 Å². The molecule has 7 heteroatoms. The van der Waals surface area contributed by atoms with Gasteiger partial charge in [0, 0.05) is 50.8 Å². The fourth-order valence-electron chi connectivity index (χ4n) is 3.24. The highest BCUT2D eigenvalue weighted by Crippen LogP contribution is 2.31. The van der Waals surface area contributed by atoms with Crippen molar-refractivity contribution in [2.24, 2.45) is 0 Å². The third-order valence-electron chi connectivity index (χ3n) is 4.47. The third kappa shape index (κ3) is 2.71. The minimum Gasteiger partial charge on any atom is -0.343 e. The smallest absolute Gasteiger partial charge is 0.219 e. The quantitative estimate of drug-likeness (QED) is 0.753. The molecule has 3 heterocycles. The van der Waals surface area contributed by atoms with E-state index in [1.165, 1.54) is 5.69 Å². The van der Waals surface area contributed by atoms with Gasteiger partial charge < -0.3 is 9.80 Å². The Kier molecular flexibility index (Phi) is 4.01. The molecule has 0 spiro atoms. The topological polar surface area (TPSA) is 58.4 Å². The second kappa shape index (κ2) is 5.79. The molecular formula is C14H19BrN4O2. The summed E-state index contributed by atoms with van der Waals surface area (Å²) in [5, 5.41) is 4.64. The van der Waals surface area contributed by atoms with Crippen LogP contribution in [0.25, 0.3) is 0 Å². The fourth-order valence-corrected chi connectivity index (χ4v) is 3.77. The van der Waals surface area contributed by atoms with Crippen LogP contribution < -0.4 is 0 Å². The summed E-state index contributed by atoms with van der Waals surface area (Å²) in [6, 6.07) is 0.350. The van der Waals surface area contributed by atoms with Crippen LogP contribution >= 0.6 is 15.9 Å². The van der Waals surface area contributed by atoms with Gasteiger partial charge in [-0.2, -0.15) is 5.10 Å². The molecular weight excluding hydrogens is 336 g/mol. The van der Waals surface area contributed by atoms with Crippen molar-refractivity contribution in [2.75, 3.05) is 19.6 Å². The predicted octanol–water partition coefficient (Wildman–Crippen LogP) is 1.34. The molecule has 0 aliphatic carbocycles. The van der Waals surface area contributed by atoms with E-state index in [0.29, 0.717) is 12.6 Å². The number of fused-ring (bicyclic) bond motifs is 1. The van der Waals surface area contributed by atoms with Gasteiger partial charge in [-0.05, 0) is 28.8 Å². The number of rotatable bonds is 2. The molecule has 1 fully saturated rings. The number of hydrogen-bond donors (Lipinski definition) is 0. The van der Waals surface area contributed by atoms with Gasteiger partial charge in [0.2, 0.25) is 12.3 Å². The molecule has 21 heavy (non-hydrogen) atoms. The molecule has 0 atom stereocenters. The summed E-state index contributed by atoms with van der Waals surface area (Å²) in [6.45, 7) is 4.60.